The van der Waals surface area contributed by atoms with Gasteiger partial charge in [-0.25, -0.2) is 24.0 Å². The summed E-state index contributed by atoms with van der Waals surface area (Å²) in [6.45, 7) is 8.87. The van der Waals surface area contributed by atoms with E-state index in [1.807, 2.05) is 13.0 Å². The van der Waals surface area contributed by atoms with Gasteiger partial charge in [0.1, 0.15) is 47.0 Å². The lowest BCUT2D eigenvalue weighted by molar-refractivity contribution is -0.153. The van der Waals surface area contributed by atoms with Crippen LogP contribution >= 0.6 is 11.6 Å². The number of methoxy groups -OCH3 is 4. The summed E-state index contributed by atoms with van der Waals surface area (Å²) in [5, 5.41) is 0.548. The molecule has 16 heteroatoms. The SMILES string of the molecule is C=C1OC(O/C=C(/C(=O)OC)c2ccc(OC)cc2)C=C1C.COC(=O)/C(=C/OC1C=C(C)C(=O)O1)c1ccc(Cl)cc1.COC(=O)/C(=C/OC1C=C(C)C(=O)O1)c1ccccc1. The summed E-state index contributed by atoms with van der Waals surface area (Å²) in [6, 6.07) is 22.6. The standard InChI is InChI=1S/C17H18O5.C15H13ClO5.C15H14O5/c1-11-9-16(22-12(11)2)21-10-15(17(18)20-4)13-5-7-14(19-3)8-6-13;1-9-7-13(21-14(9)17)20-8-12(15(18)19-2)10-3-5-11(16)6-4-10;1-10-8-13(20-14(10)16)19-9-12(15(17)18-2)11-6-4-3-5-7-11/h5-10,16H,2H2,1,3-4H3;3-8,13H,1-2H3;3-9,13H,1-2H3/b15-10+;12-8+;12-9+. The molecule has 0 bridgehead atoms. The van der Waals surface area contributed by atoms with E-state index in [9.17, 15) is 24.0 Å². The van der Waals surface area contributed by atoms with Gasteiger partial charge in [-0.15, -0.1) is 0 Å². The maximum absolute atomic E-state index is 11.9. The van der Waals surface area contributed by atoms with E-state index in [4.69, 9.17) is 59.0 Å². The van der Waals surface area contributed by atoms with Crippen LogP contribution in [-0.2, 0) is 66.6 Å². The molecule has 0 radical (unpaired) electrons. The van der Waals surface area contributed by atoms with Crippen molar-refractivity contribution in [2.75, 3.05) is 28.4 Å². The van der Waals surface area contributed by atoms with E-state index in [1.54, 1.807) is 106 Å². The van der Waals surface area contributed by atoms with Gasteiger partial charge in [0.15, 0.2) is 0 Å². The minimum absolute atomic E-state index is 0.197. The third-order valence-corrected chi connectivity index (χ3v) is 9.02. The monoisotopic (exact) mass is 884 g/mol. The Balaban J connectivity index is 0.000000208. The Bertz CT molecular complexity index is 2340. The summed E-state index contributed by atoms with van der Waals surface area (Å²) in [5.41, 5.74) is 4.47. The zero-order valence-electron chi connectivity index (χ0n) is 35.4. The molecule has 3 aliphatic rings. The molecule has 0 fully saturated rings. The fourth-order valence-electron chi connectivity index (χ4n) is 5.23. The number of rotatable bonds is 13. The van der Waals surface area contributed by atoms with Crippen LogP contribution in [0.25, 0.3) is 16.7 Å². The van der Waals surface area contributed by atoms with Gasteiger partial charge in [0, 0.05) is 34.4 Å². The maximum Gasteiger partial charge on any atom is 0.341 e. The van der Waals surface area contributed by atoms with Crippen LogP contribution in [0.2, 0.25) is 5.02 Å². The summed E-state index contributed by atoms with van der Waals surface area (Å²) in [6.07, 6.45) is 6.38. The van der Waals surface area contributed by atoms with E-state index in [-0.39, 0.29) is 16.7 Å². The van der Waals surface area contributed by atoms with E-state index in [2.05, 4.69) is 6.58 Å². The van der Waals surface area contributed by atoms with Crippen molar-refractivity contribution < 1.29 is 71.3 Å². The quantitative estimate of drug-likeness (QED) is 0.0703. The highest BCUT2D eigenvalue weighted by atomic mass is 35.5. The normalized spacial score (nSPS) is 18.0. The number of halogens is 1. The molecular formula is C47H45ClO15. The molecule has 3 aromatic carbocycles. The molecule has 3 heterocycles. The predicted molar refractivity (Wildman–Crippen MR) is 229 cm³/mol. The van der Waals surface area contributed by atoms with Crippen LogP contribution in [0.4, 0.5) is 0 Å². The number of esters is 5. The average molecular weight is 885 g/mol. The first kappa shape index (κ1) is 48.1. The molecule has 3 atom stereocenters. The number of cyclic esters (lactones) is 2. The molecule has 3 unspecified atom stereocenters. The second-order valence-corrected chi connectivity index (χ2v) is 13.5. The molecule has 15 nitrogen and oxygen atoms in total. The molecular weight excluding hydrogens is 840 g/mol. The zero-order valence-corrected chi connectivity index (χ0v) is 36.2. The second-order valence-electron chi connectivity index (χ2n) is 13.1. The van der Waals surface area contributed by atoms with Crippen LogP contribution in [0.15, 0.2) is 145 Å². The van der Waals surface area contributed by atoms with Crippen LogP contribution in [0.3, 0.4) is 0 Å². The predicted octanol–water partition coefficient (Wildman–Crippen LogP) is 7.79. The Morgan fingerprint density at radius 1 is 0.540 bits per heavy atom. The van der Waals surface area contributed by atoms with Gasteiger partial charge in [0.2, 0.25) is 0 Å². The van der Waals surface area contributed by atoms with Crippen LogP contribution < -0.4 is 4.74 Å². The van der Waals surface area contributed by atoms with E-state index >= 15 is 0 Å². The van der Waals surface area contributed by atoms with Crippen molar-refractivity contribution in [2.45, 2.75) is 39.6 Å². The third-order valence-electron chi connectivity index (χ3n) is 8.76. The van der Waals surface area contributed by atoms with Crippen molar-refractivity contribution in [3.8, 4) is 5.75 Å². The van der Waals surface area contributed by atoms with Crippen molar-refractivity contribution in [1.29, 1.82) is 0 Å². The number of hydrogen-bond acceptors (Lipinski definition) is 15. The molecule has 0 saturated carbocycles. The summed E-state index contributed by atoms with van der Waals surface area (Å²) < 4.78 is 50.6. The Morgan fingerprint density at radius 3 is 1.24 bits per heavy atom. The van der Waals surface area contributed by atoms with Crippen molar-refractivity contribution in [2.24, 2.45) is 0 Å². The number of hydrogen-bond donors (Lipinski definition) is 0. The summed E-state index contributed by atoms with van der Waals surface area (Å²) in [5.74, 6) is -1.21. The van der Waals surface area contributed by atoms with Crippen LogP contribution in [0.1, 0.15) is 37.5 Å². The first-order chi connectivity index (χ1) is 30.2. The largest absolute Gasteiger partial charge is 0.497 e. The molecule has 63 heavy (non-hydrogen) atoms. The van der Waals surface area contributed by atoms with Gasteiger partial charge in [-0.1, -0.05) is 72.8 Å². The first-order valence-electron chi connectivity index (χ1n) is 18.8. The van der Waals surface area contributed by atoms with E-state index in [1.165, 1.54) is 46.2 Å². The summed E-state index contributed by atoms with van der Waals surface area (Å²) in [7, 11) is 5.45. The lowest BCUT2D eigenvalue weighted by atomic mass is 10.1. The fourth-order valence-corrected chi connectivity index (χ4v) is 5.36. The summed E-state index contributed by atoms with van der Waals surface area (Å²) >= 11 is 5.81. The minimum Gasteiger partial charge on any atom is -0.497 e. The van der Waals surface area contributed by atoms with E-state index in [0.717, 1.165) is 5.57 Å². The van der Waals surface area contributed by atoms with E-state index in [0.29, 0.717) is 44.4 Å². The van der Waals surface area contributed by atoms with Gasteiger partial charge >= 0.3 is 29.8 Å². The smallest absolute Gasteiger partial charge is 0.341 e. The molecule has 3 aliphatic heterocycles. The number of ether oxygens (including phenoxy) is 10. The maximum atomic E-state index is 11.9. The Morgan fingerprint density at radius 2 is 0.905 bits per heavy atom. The van der Waals surface area contributed by atoms with Crippen LogP contribution in [-0.4, -0.2) is 77.2 Å². The second kappa shape index (κ2) is 23.5. The van der Waals surface area contributed by atoms with Crippen molar-refractivity contribution in [3.63, 3.8) is 0 Å². The number of benzene rings is 3. The Kier molecular flexibility index (Phi) is 17.9. The topological polar surface area (TPSA) is 178 Å². The highest BCUT2D eigenvalue weighted by Gasteiger charge is 2.25. The highest BCUT2D eigenvalue weighted by Crippen LogP contribution is 2.26. The number of carbonyl (C=O) groups excluding carboxylic acids is 5. The van der Waals surface area contributed by atoms with Gasteiger partial charge in [-0.3, -0.25) is 0 Å². The zero-order chi connectivity index (χ0) is 46.1. The molecule has 0 amide bonds. The Hall–Kier alpha value is -7.52. The highest BCUT2D eigenvalue weighted by molar-refractivity contribution is 6.30. The lowest BCUT2D eigenvalue weighted by Crippen LogP contribution is -2.11. The minimum atomic E-state index is -0.843. The molecule has 0 saturated heterocycles. The van der Waals surface area contributed by atoms with Gasteiger partial charge in [-0.2, -0.15) is 0 Å². The van der Waals surface area contributed by atoms with Crippen LogP contribution in [0.5, 0.6) is 5.75 Å². The molecule has 0 N–H and O–H groups in total. The summed E-state index contributed by atoms with van der Waals surface area (Å²) in [4.78, 5) is 57.9. The molecule has 0 aliphatic carbocycles. The van der Waals surface area contributed by atoms with E-state index < -0.39 is 48.7 Å². The van der Waals surface area contributed by atoms with Gasteiger partial charge in [-0.05, 0) is 67.3 Å². The molecule has 0 spiro atoms. The molecule has 3 aromatic rings. The number of carbonyl (C=O) groups is 5. The van der Waals surface area contributed by atoms with Gasteiger partial charge in [0.05, 0.1) is 28.4 Å². The van der Waals surface area contributed by atoms with Crippen molar-refractivity contribution >= 4 is 58.2 Å². The van der Waals surface area contributed by atoms with Gasteiger partial charge < -0.3 is 47.4 Å². The number of allylic oxidation sites excluding steroid dienone is 1. The van der Waals surface area contributed by atoms with Crippen LogP contribution in [0, 0.1) is 0 Å². The third kappa shape index (κ3) is 14.0. The van der Waals surface area contributed by atoms with Crippen molar-refractivity contribution in [3.05, 3.63) is 167 Å². The molecule has 330 valence electrons. The Labute approximate surface area is 369 Å². The van der Waals surface area contributed by atoms with Gasteiger partial charge in [0.25, 0.3) is 18.9 Å². The molecule has 6 rings (SSSR count). The first-order valence-corrected chi connectivity index (χ1v) is 19.2. The van der Waals surface area contributed by atoms with Crippen molar-refractivity contribution in [1.82, 2.24) is 0 Å². The lowest BCUT2D eigenvalue weighted by Gasteiger charge is -2.12. The molecule has 0 aromatic heterocycles. The average Bonchev–Trinajstić information content (AvgIpc) is 3.92. The fraction of sp³-hybridized carbons (Fsp3) is 0.213.